The Balaban J connectivity index is 1.44. The molecule has 2 N–H and O–H groups in total. The molecule has 1 fully saturated rings. The first-order chi connectivity index (χ1) is 12.3. The van der Waals surface area contributed by atoms with Crippen LogP contribution >= 0.6 is 0 Å². The number of aromatic nitrogens is 2. The number of nitrogens with one attached hydrogen (secondary N) is 1. The maximum atomic E-state index is 12.2. The smallest absolute Gasteiger partial charge is 0.252 e. The lowest BCUT2D eigenvalue weighted by Crippen LogP contribution is -2.25. The molecule has 1 aliphatic heterocycles. The van der Waals surface area contributed by atoms with Gasteiger partial charge in [-0.1, -0.05) is 6.07 Å². The predicted molar refractivity (Wildman–Crippen MR) is 96.5 cm³/mol. The zero-order valence-electron chi connectivity index (χ0n) is 14.3. The highest BCUT2D eigenvalue weighted by Crippen LogP contribution is 2.21. The quantitative estimate of drug-likeness (QED) is 0.750. The van der Waals surface area contributed by atoms with E-state index in [1.54, 1.807) is 12.4 Å². The summed E-state index contributed by atoms with van der Waals surface area (Å²) in [5.74, 6) is 1.08. The second-order valence-electron chi connectivity index (χ2n) is 6.37. The molecule has 0 bridgehead atoms. The normalized spacial score (nSPS) is 16.8. The fourth-order valence-corrected chi connectivity index (χ4v) is 3.02. The molecule has 0 aromatic carbocycles. The lowest BCUT2D eigenvalue weighted by Gasteiger charge is -2.17. The van der Waals surface area contributed by atoms with E-state index in [0.29, 0.717) is 18.0 Å². The van der Waals surface area contributed by atoms with Gasteiger partial charge in [-0.05, 0) is 43.5 Å². The van der Waals surface area contributed by atoms with Crippen molar-refractivity contribution in [2.75, 3.05) is 31.1 Å². The van der Waals surface area contributed by atoms with E-state index in [9.17, 15) is 9.90 Å². The van der Waals surface area contributed by atoms with Crippen LogP contribution < -0.4 is 10.2 Å². The molecule has 0 saturated carbocycles. The van der Waals surface area contributed by atoms with Gasteiger partial charge in [0.25, 0.3) is 5.91 Å². The molecule has 1 unspecified atom stereocenters. The number of anilines is 1. The Morgan fingerprint density at radius 2 is 2.20 bits per heavy atom. The van der Waals surface area contributed by atoms with Crippen molar-refractivity contribution in [3.63, 3.8) is 0 Å². The van der Waals surface area contributed by atoms with Gasteiger partial charge in [0.1, 0.15) is 5.82 Å². The number of rotatable bonds is 7. The van der Waals surface area contributed by atoms with Crippen LogP contribution in [0.25, 0.3) is 0 Å². The van der Waals surface area contributed by atoms with Gasteiger partial charge < -0.3 is 15.3 Å². The highest BCUT2D eigenvalue weighted by Gasteiger charge is 2.22. The second-order valence-corrected chi connectivity index (χ2v) is 6.37. The van der Waals surface area contributed by atoms with E-state index in [1.807, 2.05) is 30.3 Å². The Kier molecular flexibility index (Phi) is 5.95. The maximum absolute atomic E-state index is 12.2. The molecule has 1 atom stereocenters. The number of hydrogen-bond acceptors (Lipinski definition) is 5. The molecule has 3 rings (SSSR count). The number of aliphatic hydroxyl groups excluding tert-OH is 1. The zero-order valence-corrected chi connectivity index (χ0v) is 14.3. The van der Waals surface area contributed by atoms with Gasteiger partial charge in [-0.25, -0.2) is 4.98 Å². The standard InChI is InChI=1S/C19H24N4O2/c24-14-15-8-11-23(13-15)18-7-6-16(12-22-18)19(25)21-10-3-5-17-4-1-2-9-20-17/h1-2,4,6-7,9,12,15,24H,3,5,8,10-11,13-14H2,(H,21,25). The molecular formula is C19H24N4O2. The average Bonchev–Trinajstić information content (AvgIpc) is 3.15. The Morgan fingerprint density at radius 1 is 1.28 bits per heavy atom. The van der Waals surface area contributed by atoms with Crippen LogP contribution in [-0.4, -0.2) is 47.2 Å². The Hall–Kier alpha value is -2.47. The minimum Gasteiger partial charge on any atom is -0.396 e. The summed E-state index contributed by atoms with van der Waals surface area (Å²) in [4.78, 5) is 23.0. The number of amides is 1. The third-order valence-corrected chi connectivity index (χ3v) is 4.50. The minimum absolute atomic E-state index is 0.102. The van der Waals surface area contributed by atoms with E-state index in [1.165, 1.54) is 0 Å². The van der Waals surface area contributed by atoms with Crippen LogP contribution in [0.5, 0.6) is 0 Å². The molecule has 25 heavy (non-hydrogen) atoms. The van der Waals surface area contributed by atoms with Crippen LogP contribution in [0.1, 0.15) is 28.9 Å². The monoisotopic (exact) mass is 340 g/mol. The summed E-state index contributed by atoms with van der Waals surface area (Å²) in [5, 5.41) is 12.1. The number of aryl methyl sites for hydroxylation is 1. The van der Waals surface area contributed by atoms with Gasteiger partial charge in [-0.3, -0.25) is 9.78 Å². The fourth-order valence-electron chi connectivity index (χ4n) is 3.02. The molecule has 6 nitrogen and oxygen atoms in total. The first-order valence-corrected chi connectivity index (χ1v) is 8.76. The lowest BCUT2D eigenvalue weighted by atomic mass is 10.1. The van der Waals surface area contributed by atoms with E-state index in [2.05, 4.69) is 20.2 Å². The molecule has 0 radical (unpaired) electrons. The highest BCUT2D eigenvalue weighted by molar-refractivity contribution is 5.94. The van der Waals surface area contributed by atoms with Crippen LogP contribution in [0.3, 0.4) is 0 Å². The minimum atomic E-state index is -0.102. The molecule has 1 amide bonds. The summed E-state index contributed by atoms with van der Waals surface area (Å²) in [5.41, 5.74) is 1.61. The van der Waals surface area contributed by atoms with Gasteiger partial charge in [-0.15, -0.1) is 0 Å². The molecule has 0 aliphatic carbocycles. The summed E-state index contributed by atoms with van der Waals surface area (Å²) in [6, 6.07) is 9.54. The van der Waals surface area contributed by atoms with Gasteiger partial charge >= 0.3 is 0 Å². The topological polar surface area (TPSA) is 78.4 Å². The first-order valence-electron chi connectivity index (χ1n) is 8.76. The van der Waals surface area contributed by atoms with Gasteiger partial charge in [0, 0.05) is 50.2 Å². The lowest BCUT2D eigenvalue weighted by molar-refractivity contribution is 0.0953. The van der Waals surface area contributed by atoms with Gasteiger partial charge in [0.2, 0.25) is 0 Å². The summed E-state index contributed by atoms with van der Waals surface area (Å²) in [6.07, 6.45) is 6.08. The zero-order chi connectivity index (χ0) is 17.5. The van der Waals surface area contributed by atoms with Crippen LogP contribution in [0, 0.1) is 5.92 Å². The van der Waals surface area contributed by atoms with Crippen molar-refractivity contribution in [2.24, 2.45) is 5.92 Å². The number of nitrogens with zero attached hydrogens (tertiary/aromatic N) is 3. The van der Waals surface area contributed by atoms with Gasteiger partial charge in [-0.2, -0.15) is 0 Å². The highest BCUT2D eigenvalue weighted by atomic mass is 16.3. The Labute approximate surface area is 147 Å². The SMILES string of the molecule is O=C(NCCCc1ccccn1)c1ccc(N2CCC(CO)C2)nc1. The first kappa shape index (κ1) is 17.4. The second kappa shape index (κ2) is 8.58. The molecule has 6 heteroatoms. The molecule has 0 spiro atoms. The van der Waals surface area contributed by atoms with Crippen LogP contribution in [0.2, 0.25) is 0 Å². The number of carbonyl (C=O) groups excluding carboxylic acids is 1. The number of aliphatic hydroxyl groups is 1. The van der Waals surface area contributed by atoms with E-state index < -0.39 is 0 Å². The molecule has 1 aliphatic rings. The van der Waals surface area contributed by atoms with Crippen molar-refractivity contribution in [2.45, 2.75) is 19.3 Å². The maximum Gasteiger partial charge on any atom is 0.252 e. The Bertz CT molecular complexity index is 676. The van der Waals surface area contributed by atoms with Crippen molar-refractivity contribution in [3.05, 3.63) is 54.0 Å². The number of carbonyl (C=O) groups is 1. The summed E-state index contributed by atoms with van der Waals surface area (Å²) in [6.45, 7) is 2.55. The van der Waals surface area contributed by atoms with Crippen molar-refractivity contribution < 1.29 is 9.90 Å². The van der Waals surface area contributed by atoms with E-state index in [-0.39, 0.29) is 12.5 Å². The van der Waals surface area contributed by atoms with Crippen molar-refractivity contribution in [1.82, 2.24) is 15.3 Å². The summed E-state index contributed by atoms with van der Waals surface area (Å²) >= 11 is 0. The van der Waals surface area contributed by atoms with Gasteiger partial charge in [0.05, 0.1) is 5.56 Å². The molecule has 1 saturated heterocycles. The fraction of sp³-hybridized carbons (Fsp3) is 0.421. The Morgan fingerprint density at radius 3 is 2.88 bits per heavy atom. The molecule has 132 valence electrons. The van der Waals surface area contributed by atoms with Crippen molar-refractivity contribution in [1.29, 1.82) is 0 Å². The molecular weight excluding hydrogens is 316 g/mol. The molecule has 2 aromatic heterocycles. The van der Waals surface area contributed by atoms with E-state index in [4.69, 9.17) is 0 Å². The van der Waals surface area contributed by atoms with Crippen LogP contribution in [-0.2, 0) is 6.42 Å². The number of hydrogen-bond donors (Lipinski definition) is 2. The predicted octanol–water partition coefficient (Wildman–Crippen LogP) is 1.66. The van der Waals surface area contributed by atoms with Crippen LogP contribution in [0.15, 0.2) is 42.7 Å². The largest absolute Gasteiger partial charge is 0.396 e. The average molecular weight is 340 g/mol. The van der Waals surface area contributed by atoms with Crippen molar-refractivity contribution >= 4 is 11.7 Å². The number of pyridine rings is 2. The van der Waals surface area contributed by atoms with E-state index in [0.717, 1.165) is 43.9 Å². The van der Waals surface area contributed by atoms with Crippen molar-refractivity contribution in [3.8, 4) is 0 Å². The third-order valence-electron chi connectivity index (χ3n) is 4.50. The third kappa shape index (κ3) is 4.76. The van der Waals surface area contributed by atoms with Gasteiger partial charge in [0.15, 0.2) is 0 Å². The molecule has 3 heterocycles. The van der Waals surface area contributed by atoms with Crippen LogP contribution in [0.4, 0.5) is 5.82 Å². The summed E-state index contributed by atoms with van der Waals surface area (Å²) < 4.78 is 0. The van der Waals surface area contributed by atoms with E-state index >= 15 is 0 Å². The summed E-state index contributed by atoms with van der Waals surface area (Å²) in [7, 11) is 0. The molecule has 2 aromatic rings.